The van der Waals surface area contributed by atoms with Crippen molar-refractivity contribution in [3.63, 3.8) is 0 Å². The van der Waals surface area contributed by atoms with E-state index in [4.69, 9.17) is 11.6 Å². The normalized spacial score (nSPS) is 17.4. The molecule has 0 spiro atoms. The zero-order valence-corrected chi connectivity index (χ0v) is 20.3. The Bertz CT molecular complexity index is 1250. The van der Waals surface area contributed by atoms with Crippen LogP contribution in [-0.2, 0) is 21.4 Å². The number of carboxylic acids is 1. The van der Waals surface area contributed by atoms with Crippen molar-refractivity contribution in [2.75, 3.05) is 13.1 Å². The molecule has 1 fully saturated rings. The predicted molar refractivity (Wildman–Crippen MR) is 128 cm³/mol. The van der Waals surface area contributed by atoms with Crippen LogP contribution in [0.5, 0.6) is 0 Å². The molecule has 1 N–H and O–H groups in total. The Morgan fingerprint density at radius 1 is 1.22 bits per heavy atom. The fourth-order valence-corrected chi connectivity index (χ4v) is 6.71. The van der Waals surface area contributed by atoms with Crippen molar-refractivity contribution < 1.29 is 18.3 Å². The highest BCUT2D eigenvalue weighted by Crippen LogP contribution is 2.37. The molecule has 1 aromatic heterocycles. The molecule has 0 radical (unpaired) electrons. The topological polar surface area (TPSA) is 79.6 Å². The van der Waals surface area contributed by atoms with Crippen LogP contribution in [-0.4, -0.2) is 46.7 Å². The number of carboxylic acid groups (broad SMARTS) is 1. The monoisotopic (exact) mass is 492 g/mol. The van der Waals surface area contributed by atoms with Gasteiger partial charge in [0.1, 0.15) is 6.54 Å². The van der Waals surface area contributed by atoms with Crippen molar-refractivity contribution >= 4 is 50.3 Å². The second-order valence-electron chi connectivity index (χ2n) is 8.25. The van der Waals surface area contributed by atoms with Crippen LogP contribution in [0.3, 0.4) is 0 Å². The molecule has 6 nitrogen and oxygen atoms in total. The highest BCUT2D eigenvalue weighted by molar-refractivity contribution is 7.99. The van der Waals surface area contributed by atoms with Crippen molar-refractivity contribution in [2.45, 2.75) is 47.8 Å². The van der Waals surface area contributed by atoms with Gasteiger partial charge in [0.05, 0.1) is 10.4 Å². The first kappa shape index (κ1) is 23.2. The molecule has 1 aliphatic rings. The summed E-state index contributed by atoms with van der Waals surface area (Å²) in [6, 6.07) is 12.5. The number of sulfonamides is 1. The van der Waals surface area contributed by atoms with Gasteiger partial charge in [-0.3, -0.25) is 4.79 Å². The van der Waals surface area contributed by atoms with Crippen molar-refractivity contribution in [2.24, 2.45) is 0 Å². The maximum absolute atomic E-state index is 13.2. The number of nitrogens with zero attached hydrogens (tertiary/aromatic N) is 2. The molecule has 2 aromatic carbocycles. The molecular formula is C23H25ClN2O4S2. The molecule has 9 heteroatoms. The Balaban J connectivity index is 1.59. The molecule has 2 heterocycles. The van der Waals surface area contributed by atoms with Gasteiger partial charge in [0.25, 0.3) is 0 Å². The van der Waals surface area contributed by atoms with E-state index in [0.717, 1.165) is 21.4 Å². The molecule has 0 aliphatic carbocycles. The first-order valence-corrected chi connectivity index (χ1v) is 13.1. The molecule has 170 valence electrons. The highest BCUT2D eigenvalue weighted by Gasteiger charge is 2.34. The van der Waals surface area contributed by atoms with Gasteiger partial charge in [-0.15, -0.1) is 11.8 Å². The van der Waals surface area contributed by atoms with Gasteiger partial charge in [-0.1, -0.05) is 31.5 Å². The number of halogens is 1. The van der Waals surface area contributed by atoms with Crippen LogP contribution in [0.1, 0.15) is 31.7 Å². The maximum atomic E-state index is 13.2. The third-order valence-electron chi connectivity index (χ3n) is 5.60. The number of aliphatic carboxylic acids is 1. The van der Waals surface area contributed by atoms with Crippen LogP contribution >= 0.6 is 23.4 Å². The predicted octanol–water partition coefficient (Wildman–Crippen LogP) is 5.06. The van der Waals surface area contributed by atoms with E-state index in [1.807, 2.05) is 24.4 Å². The molecular weight excluding hydrogens is 468 g/mol. The van der Waals surface area contributed by atoms with Crippen LogP contribution in [0.15, 0.2) is 58.5 Å². The van der Waals surface area contributed by atoms with E-state index in [9.17, 15) is 18.3 Å². The lowest BCUT2D eigenvalue weighted by molar-refractivity contribution is -0.137. The van der Waals surface area contributed by atoms with Gasteiger partial charge in [-0.05, 0) is 48.4 Å². The number of hydrogen-bond donors (Lipinski definition) is 1. The number of carbonyl (C=O) groups is 1. The first-order valence-electron chi connectivity index (χ1n) is 10.4. The van der Waals surface area contributed by atoms with Gasteiger partial charge >= 0.3 is 5.97 Å². The van der Waals surface area contributed by atoms with Gasteiger partial charge in [-0.2, -0.15) is 4.31 Å². The van der Waals surface area contributed by atoms with E-state index in [1.165, 1.54) is 4.31 Å². The quantitative estimate of drug-likeness (QED) is 0.466. The van der Waals surface area contributed by atoms with Crippen LogP contribution in [0.25, 0.3) is 10.9 Å². The minimum absolute atomic E-state index is 0.0146. The van der Waals surface area contributed by atoms with E-state index < -0.39 is 16.0 Å². The van der Waals surface area contributed by atoms with Crippen LogP contribution in [0.2, 0.25) is 5.02 Å². The fourth-order valence-electron chi connectivity index (χ4n) is 4.21. The Morgan fingerprint density at radius 3 is 2.59 bits per heavy atom. The number of rotatable bonds is 7. The number of benzene rings is 2. The lowest BCUT2D eigenvalue weighted by Gasteiger charge is -2.17. The molecule has 1 saturated heterocycles. The van der Waals surface area contributed by atoms with Crippen molar-refractivity contribution in [3.05, 3.63) is 59.2 Å². The molecule has 1 atom stereocenters. The smallest absolute Gasteiger partial charge is 0.323 e. The summed E-state index contributed by atoms with van der Waals surface area (Å²) in [6.07, 6.45) is 2.50. The molecule has 0 bridgehead atoms. The zero-order valence-electron chi connectivity index (χ0n) is 17.9. The summed E-state index contributed by atoms with van der Waals surface area (Å²) in [5.41, 5.74) is 1.70. The van der Waals surface area contributed by atoms with Crippen LogP contribution < -0.4 is 0 Å². The molecule has 1 aliphatic heterocycles. The van der Waals surface area contributed by atoms with E-state index in [-0.39, 0.29) is 12.5 Å². The van der Waals surface area contributed by atoms with Crippen molar-refractivity contribution in [1.82, 2.24) is 8.87 Å². The summed E-state index contributed by atoms with van der Waals surface area (Å²) in [5.74, 6) is -0.956. The van der Waals surface area contributed by atoms with E-state index in [1.54, 1.807) is 40.6 Å². The molecule has 4 rings (SSSR count). The lowest BCUT2D eigenvalue weighted by Crippen LogP contribution is -2.28. The highest BCUT2D eigenvalue weighted by atomic mass is 35.5. The van der Waals surface area contributed by atoms with Crippen molar-refractivity contribution in [1.29, 1.82) is 0 Å². The van der Waals surface area contributed by atoms with Gasteiger partial charge in [-0.25, -0.2) is 8.42 Å². The van der Waals surface area contributed by atoms with E-state index in [2.05, 4.69) is 13.8 Å². The average Bonchev–Trinajstić information content (AvgIpc) is 3.33. The summed E-state index contributed by atoms with van der Waals surface area (Å²) in [5, 5.41) is 11.1. The van der Waals surface area contributed by atoms with Crippen LogP contribution in [0, 0.1) is 0 Å². The molecule has 32 heavy (non-hydrogen) atoms. The Labute approximate surface area is 197 Å². The van der Waals surface area contributed by atoms with Gasteiger partial charge in [0, 0.05) is 45.8 Å². The summed E-state index contributed by atoms with van der Waals surface area (Å²) >= 11 is 7.83. The summed E-state index contributed by atoms with van der Waals surface area (Å²) in [4.78, 5) is 12.7. The van der Waals surface area contributed by atoms with Gasteiger partial charge in [0.15, 0.2) is 0 Å². The fraction of sp³-hybridized carbons (Fsp3) is 0.348. The third-order valence-corrected chi connectivity index (χ3v) is 8.74. The third kappa shape index (κ3) is 4.69. The maximum Gasteiger partial charge on any atom is 0.323 e. The molecule has 0 amide bonds. The minimum Gasteiger partial charge on any atom is -0.480 e. The average molecular weight is 493 g/mol. The second kappa shape index (κ2) is 9.09. The van der Waals surface area contributed by atoms with Crippen molar-refractivity contribution in [3.8, 4) is 0 Å². The summed E-state index contributed by atoms with van der Waals surface area (Å²) < 4.78 is 29.6. The number of aromatic nitrogens is 1. The zero-order chi connectivity index (χ0) is 23.0. The molecule has 3 aromatic rings. The Kier molecular flexibility index (Phi) is 6.58. The van der Waals surface area contributed by atoms with Gasteiger partial charge < -0.3 is 9.67 Å². The largest absolute Gasteiger partial charge is 0.480 e. The molecule has 0 saturated carbocycles. The Morgan fingerprint density at radius 2 is 1.94 bits per heavy atom. The second-order valence-corrected chi connectivity index (χ2v) is 12.3. The van der Waals surface area contributed by atoms with E-state index in [0.29, 0.717) is 34.7 Å². The molecule has 1 unspecified atom stereocenters. The SMILES string of the molecule is CC(C)Sc1ccc(S(=O)(=O)N2CCC(c3cn(CC(=O)O)c4cc(Cl)ccc34)C2)cc1. The number of thioether (sulfide) groups is 1. The lowest BCUT2D eigenvalue weighted by atomic mass is 9.98. The standard InChI is InChI=1S/C23H25ClN2O4S2/c1-15(2)31-18-4-6-19(7-5-18)32(29,30)26-10-9-16(12-26)21-13-25(14-23(27)28)22-11-17(24)3-8-20(21)22/h3-8,11,13,15-16H,9-10,12,14H2,1-2H3,(H,27,28). The van der Waals surface area contributed by atoms with E-state index >= 15 is 0 Å². The van der Waals surface area contributed by atoms with Crippen LogP contribution in [0.4, 0.5) is 0 Å². The minimum atomic E-state index is -3.59. The summed E-state index contributed by atoms with van der Waals surface area (Å²) in [7, 11) is -3.59. The number of fused-ring (bicyclic) bond motifs is 1. The van der Waals surface area contributed by atoms with Gasteiger partial charge in [0.2, 0.25) is 10.0 Å². The summed E-state index contributed by atoms with van der Waals surface area (Å²) in [6.45, 7) is 4.81. The first-order chi connectivity index (χ1) is 15.1. The number of hydrogen-bond acceptors (Lipinski definition) is 4. The Hall–Kier alpha value is -2.00.